The zero-order chi connectivity index (χ0) is 34.8. The fourth-order valence-electron chi connectivity index (χ4n) is 7.63. The number of allylic oxidation sites excluding steroid dienone is 3. The van der Waals surface area contributed by atoms with Gasteiger partial charge in [0, 0.05) is 55.3 Å². The molecule has 0 unspecified atom stereocenters. The van der Waals surface area contributed by atoms with E-state index >= 15 is 4.11 Å². The first kappa shape index (κ1) is 35.7. The third-order valence-corrected chi connectivity index (χ3v) is 12.6. The van der Waals surface area contributed by atoms with Gasteiger partial charge in [-0.25, -0.2) is 0 Å². The number of aliphatic hydroxyl groups is 1. The lowest BCUT2D eigenvalue weighted by molar-refractivity contribution is -0.149. The lowest BCUT2D eigenvalue weighted by atomic mass is 9.82. The van der Waals surface area contributed by atoms with Gasteiger partial charge in [0.2, 0.25) is 20.2 Å². The van der Waals surface area contributed by atoms with E-state index < -0.39 is 31.6 Å². The fourth-order valence-corrected chi connectivity index (χ4v) is 10.1. The summed E-state index contributed by atoms with van der Waals surface area (Å²) in [6, 6.07) is 15.1. The first-order valence-electron chi connectivity index (χ1n) is 17.1. The molecule has 2 saturated heterocycles. The van der Waals surface area contributed by atoms with Gasteiger partial charge in [-0.2, -0.15) is 0 Å². The van der Waals surface area contributed by atoms with Crippen LogP contribution in [0.15, 0.2) is 71.8 Å². The molecule has 48 heavy (non-hydrogen) atoms. The number of anilines is 2. The minimum atomic E-state index is -3.51. The monoisotopic (exact) mass is 675 g/mol. The Balaban J connectivity index is 1.51. The van der Waals surface area contributed by atoms with Crippen LogP contribution in [0.1, 0.15) is 64.5 Å². The smallest absolute Gasteiger partial charge is 0.264 e. The van der Waals surface area contributed by atoms with Crippen LogP contribution in [0.25, 0.3) is 0 Å². The molecule has 3 aliphatic heterocycles. The van der Waals surface area contributed by atoms with Crippen LogP contribution >= 0.6 is 0 Å². The maximum atomic E-state index is 16.4. The van der Waals surface area contributed by atoms with E-state index in [1.807, 2.05) is 55.5 Å². The molecule has 3 heterocycles. The van der Waals surface area contributed by atoms with Gasteiger partial charge in [-0.3, -0.25) is 14.4 Å². The molecule has 1 spiro atoms. The average molecular weight is 676 g/mol. The van der Waals surface area contributed by atoms with Crippen molar-refractivity contribution in [3.63, 3.8) is 0 Å². The molecule has 0 saturated carbocycles. The van der Waals surface area contributed by atoms with Crippen LogP contribution in [0, 0.1) is 5.92 Å². The van der Waals surface area contributed by atoms with Crippen LogP contribution in [-0.2, 0) is 31.3 Å². The molecular weight excluding hydrogens is 626 g/mol. The van der Waals surface area contributed by atoms with Crippen molar-refractivity contribution >= 4 is 37.5 Å². The van der Waals surface area contributed by atoms with Gasteiger partial charge >= 0.3 is 0 Å². The quantitative estimate of drug-likeness (QED) is 0.111. The first-order chi connectivity index (χ1) is 22.8. The molecule has 0 aliphatic carbocycles. The normalized spacial score (nSPS) is 23.8. The molecule has 1 N–H and O–H groups in total. The van der Waals surface area contributed by atoms with Gasteiger partial charge in [-0.15, -0.1) is 0 Å². The van der Waals surface area contributed by atoms with Crippen LogP contribution in [0.3, 0.4) is 0 Å². The Morgan fingerprint density at radius 2 is 1.85 bits per heavy atom. The molecule has 3 amide bonds. The average Bonchev–Trinajstić information content (AvgIpc) is 3.45. The van der Waals surface area contributed by atoms with Gasteiger partial charge < -0.3 is 28.7 Å². The standard InChI is InChI=1S/C38H50FN3O5Si/c1-26(2)11-10-12-27(3)17-19-42-32-16-15-30(41-20-18-34(41)44)23-31(32)38(37(42)46)28(4)36(48(5,6)39)33(47-38)24-35(45)40(21-22-43)25-29-13-8-7-9-14-29/h7-9,11,13-17,23,28,33,36,43H,10,12,18-22,24-25H2,1-6H3/b27-17+/t28-,33+,36-,38+/m0/s1. The Labute approximate surface area is 285 Å². The Morgan fingerprint density at radius 3 is 2.46 bits per heavy atom. The summed E-state index contributed by atoms with van der Waals surface area (Å²) in [4.78, 5) is 46.1. The third kappa shape index (κ3) is 7.07. The number of hydrogen-bond donors (Lipinski definition) is 1. The number of nitrogens with zero attached hydrogens (tertiary/aromatic N) is 3. The van der Waals surface area contributed by atoms with Crippen molar-refractivity contribution in [2.24, 2.45) is 5.92 Å². The fraction of sp³-hybridized carbons (Fsp3) is 0.500. The number of carbonyl (C=O) groups is 3. The highest BCUT2D eigenvalue weighted by Crippen LogP contribution is 2.60. The number of aliphatic hydroxyl groups excluding tert-OH is 1. The highest BCUT2D eigenvalue weighted by molar-refractivity contribution is 6.72. The zero-order valence-corrected chi connectivity index (χ0v) is 30.2. The summed E-state index contributed by atoms with van der Waals surface area (Å²) in [7, 11) is -3.51. The van der Waals surface area contributed by atoms with Crippen molar-refractivity contribution in [2.75, 3.05) is 36.0 Å². The molecule has 10 heteroatoms. The summed E-state index contributed by atoms with van der Waals surface area (Å²) in [5.41, 5.74) is 3.19. The van der Waals surface area contributed by atoms with Crippen molar-refractivity contribution in [3.8, 4) is 0 Å². The Bertz CT molecular complexity index is 1580. The molecule has 4 atom stereocenters. The predicted molar refractivity (Wildman–Crippen MR) is 190 cm³/mol. The summed E-state index contributed by atoms with van der Waals surface area (Å²) < 4.78 is 23.3. The van der Waals surface area contributed by atoms with E-state index in [0.717, 1.165) is 24.0 Å². The topological polar surface area (TPSA) is 90.4 Å². The summed E-state index contributed by atoms with van der Waals surface area (Å²) in [5.74, 6) is -1.08. The van der Waals surface area contributed by atoms with Gasteiger partial charge in [0.15, 0.2) is 5.60 Å². The molecule has 0 bridgehead atoms. The lowest BCUT2D eigenvalue weighted by Crippen LogP contribution is -2.45. The van der Waals surface area contributed by atoms with Crippen LogP contribution in [0.5, 0.6) is 0 Å². The number of ether oxygens (including phenoxy) is 1. The third-order valence-electron chi connectivity index (χ3n) is 10.1. The zero-order valence-electron chi connectivity index (χ0n) is 29.2. The summed E-state index contributed by atoms with van der Waals surface area (Å²) in [6.45, 7) is 12.5. The Kier molecular flexibility index (Phi) is 10.8. The SMILES string of the molecule is CC(C)=CCC/C(C)=C/CN1C(=O)[C@]2(O[C@H](CC(=O)N(CCO)Cc3ccccc3)[C@@H]([Si](C)(C)F)[C@@H]2C)c2cc(N3CCC3=O)ccc21. The molecule has 8 nitrogen and oxygen atoms in total. The van der Waals surface area contributed by atoms with E-state index in [2.05, 4.69) is 32.9 Å². The molecule has 3 aliphatic rings. The minimum Gasteiger partial charge on any atom is -0.395 e. The molecule has 0 aromatic heterocycles. The second kappa shape index (κ2) is 14.5. The maximum absolute atomic E-state index is 16.4. The van der Waals surface area contributed by atoms with Crippen LogP contribution < -0.4 is 9.80 Å². The number of amides is 3. The summed E-state index contributed by atoms with van der Waals surface area (Å²) in [5, 5.41) is 9.80. The van der Waals surface area contributed by atoms with Crippen molar-refractivity contribution in [1.29, 1.82) is 0 Å². The van der Waals surface area contributed by atoms with Crippen LogP contribution in [0.2, 0.25) is 18.6 Å². The van der Waals surface area contributed by atoms with Crippen molar-refractivity contribution in [3.05, 3.63) is 83.0 Å². The first-order valence-corrected chi connectivity index (χ1v) is 20.1. The van der Waals surface area contributed by atoms with E-state index in [-0.39, 0.29) is 37.3 Å². The van der Waals surface area contributed by atoms with Gasteiger partial charge in [0.1, 0.15) is 0 Å². The molecular formula is C38H50FN3O5Si. The van der Waals surface area contributed by atoms with Crippen LogP contribution in [0.4, 0.5) is 15.5 Å². The molecule has 5 rings (SSSR count). The molecule has 2 aromatic rings. The summed E-state index contributed by atoms with van der Waals surface area (Å²) in [6.07, 6.45) is 5.56. The number of halogens is 1. The van der Waals surface area contributed by atoms with Crippen molar-refractivity contribution < 1.29 is 28.3 Å². The Morgan fingerprint density at radius 1 is 1.12 bits per heavy atom. The molecule has 2 fully saturated rings. The predicted octanol–water partition coefficient (Wildman–Crippen LogP) is 6.65. The van der Waals surface area contributed by atoms with E-state index in [1.165, 1.54) is 5.57 Å². The van der Waals surface area contributed by atoms with Gasteiger partial charge in [0.05, 0.1) is 24.8 Å². The van der Waals surface area contributed by atoms with Crippen molar-refractivity contribution in [1.82, 2.24) is 4.90 Å². The number of rotatable bonds is 13. The number of benzene rings is 2. The number of hydrogen-bond acceptors (Lipinski definition) is 5. The van der Waals surface area contributed by atoms with Crippen LogP contribution in [-0.4, -0.2) is 68.5 Å². The molecule has 2 aromatic carbocycles. The highest BCUT2D eigenvalue weighted by Gasteiger charge is 2.67. The largest absolute Gasteiger partial charge is 0.395 e. The van der Waals surface area contributed by atoms with E-state index in [0.29, 0.717) is 43.0 Å². The van der Waals surface area contributed by atoms with Gasteiger partial charge in [0.25, 0.3) is 5.91 Å². The Hall–Kier alpha value is -3.60. The van der Waals surface area contributed by atoms with E-state index in [1.54, 1.807) is 27.8 Å². The van der Waals surface area contributed by atoms with Crippen molar-refractivity contribution in [2.45, 2.75) is 90.3 Å². The summed E-state index contributed by atoms with van der Waals surface area (Å²) >= 11 is 0. The van der Waals surface area contributed by atoms with Gasteiger partial charge in [-0.05, 0) is 70.5 Å². The number of fused-ring (bicyclic) bond motifs is 2. The number of carbonyl (C=O) groups excluding carboxylic acids is 3. The molecule has 0 radical (unpaired) electrons. The molecule has 258 valence electrons. The highest BCUT2D eigenvalue weighted by atomic mass is 28.4. The second-order valence-electron chi connectivity index (χ2n) is 14.3. The second-order valence-corrected chi connectivity index (χ2v) is 18.1. The van der Waals surface area contributed by atoms with Gasteiger partial charge in [-0.1, -0.05) is 60.6 Å². The minimum absolute atomic E-state index is 0.0153. The number of β-lactam (4-membered cyclic amide) rings is 1. The van der Waals surface area contributed by atoms with E-state index in [9.17, 15) is 19.5 Å². The maximum Gasteiger partial charge on any atom is 0.264 e. The van der Waals surface area contributed by atoms with E-state index in [4.69, 9.17) is 4.74 Å². The lowest BCUT2D eigenvalue weighted by Gasteiger charge is -2.33.